The zero-order chi connectivity index (χ0) is 16.7. The summed E-state index contributed by atoms with van der Waals surface area (Å²) >= 11 is 0. The number of carbonyl (C=O) groups is 2. The van der Waals surface area contributed by atoms with Gasteiger partial charge in [-0.1, -0.05) is 30.3 Å². The molecular formula is C17H21N3O3. The van der Waals surface area contributed by atoms with Gasteiger partial charge in [-0.05, 0) is 19.4 Å². The fourth-order valence-corrected chi connectivity index (χ4v) is 2.16. The van der Waals surface area contributed by atoms with Crippen LogP contribution in [0.1, 0.15) is 35.8 Å². The van der Waals surface area contributed by atoms with Crippen molar-refractivity contribution >= 4 is 11.8 Å². The van der Waals surface area contributed by atoms with E-state index in [-0.39, 0.29) is 24.1 Å². The van der Waals surface area contributed by atoms with Crippen molar-refractivity contribution in [2.24, 2.45) is 0 Å². The van der Waals surface area contributed by atoms with Crippen LogP contribution in [0.3, 0.4) is 0 Å². The summed E-state index contributed by atoms with van der Waals surface area (Å²) in [6.45, 7) is 5.06. The van der Waals surface area contributed by atoms with E-state index in [9.17, 15) is 9.59 Å². The van der Waals surface area contributed by atoms with Crippen LogP contribution in [-0.2, 0) is 17.8 Å². The van der Waals surface area contributed by atoms with Crippen molar-refractivity contribution in [3.63, 3.8) is 0 Å². The van der Waals surface area contributed by atoms with E-state index in [2.05, 4.69) is 10.3 Å². The van der Waals surface area contributed by atoms with Crippen molar-refractivity contribution in [2.75, 3.05) is 13.1 Å². The predicted molar refractivity (Wildman–Crippen MR) is 85.7 cm³/mol. The number of hydrogen-bond acceptors (Lipinski definition) is 4. The maximum atomic E-state index is 12.4. The Morgan fingerprint density at radius 3 is 2.61 bits per heavy atom. The Morgan fingerprint density at radius 1 is 1.22 bits per heavy atom. The zero-order valence-electron chi connectivity index (χ0n) is 13.4. The molecule has 122 valence electrons. The summed E-state index contributed by atoms with van der Waals surface area (Å²) < 4.78 is 5.30. The lowest BCUT2D eigenvalue weighted by Crippen LogP contribution is -2.31. The molecule has 0 atom stereocenters. The van der Waals surface area contributed by atoms with Crippen molar-refractivity contribution in [3.05, 3.63) is 53.7 Å². The van der Waals surface area contributed by atoms with Gasteiger partial charge in [-0.15, -0.1) is 0 Å². The van der Waals surface area contributed by atoms with Crippen LogP contribution in [0.25, 0.3) is 0 Å². The van der Waals surface area contributed by atoms with Gasteiger partial charge < -0.3 is 14.6 Å². The SMILES string of the molecule is CCNC(=O)c1coc(CN(CC)C(=O)Cc2ccccc2)n1. The number of benzene rings is 1. The Bertz CT molecular complexity index is 652. The molecule has 6 nitrogen and oxygen atoms in total. The topological polar surface area (TPSA) is 75.4 Å². The highest BCUT2D eigenvalue weighted by molar-refractivity contribution is 5.91. The Balaban J connectivity index is 1.99. The van der Waals surface area contributed by atoms with Gasteiger partial charge in [-0.3, -0.25) is 9.59 Å². The van der Waals surface area contributed by atoms with E-state index in [4.69, 9.17) is 4.42 Å². The number of nitrogens with zero attached hydrogens (tertiary/aromatic N) is 2. The maximum Gasteiger partial charge on any atom is 0.273 e. The van der Waals surface area contributed by atoms with Crippen LogP contribution in [0.15, 0.2) is 41.0 Å². The van der Waals surface area contributed by atoms with Gasteiger partial charge >= 0.3 is 0 Å². The number of likely N-dealkylation sites (N-methyl/N-ethyl adjacent to an activating group) is 1. The van der Waals surface area contributed by atoms with Crippen LogP contribution in [0.5, 0.6) is 0 Å². The van der Waals surface area contributed by atoms with Gasteiger partial charge in [0.25, 0.3) is 5.91 Å². The van der Waals surface area contributed by atoms with Gasteiger partial charge in [-0.25, -0.2) is 4.98 Å². The summed E-state index contributed by atoms with van der Waals surface area (Å²) in [5.74, 6) is 0.0761. The molecule has 1 N–H and O–H groups in total. The summed E-state index contributed by atoms with van der Waals surface area (Å²) in [6, 6.07) is 9.58. The van der Waals surface area contributed by atoms with Crippen molar-refractivity contribution in [2.45, 2.75) is 26.8 Å². The Morgan fingerprint density at radius 2 is 1.96 bits per heavy atom. The number of hydrogen-bond donors (Lipinski definition) is 1. The van der Waals surface area contributed by atoms with E-state index in [1.165, 1.54) is 6.26 Å². The maximum absolute atomic E-state index is 12.4. The molecule has 2 aromatic rings. The fourth-order valence-electron chi connectivity index (χ4n) is 2.16. The van der Waals surface area contributed by atoms with Gasteiger partial charge in [0, 0.05) is 13.1 Å². The van der Waals surface area contributed by atoms with Crippen molar-refractivity contribution in [1.29, 1.82) is 0 Å². The van der Waals surface area contributed by atoms with Gasteiger partial charge in [0.15, 0.2) is 5.69 Å². The number of oxazole rings is 1. The van der Waals surface area contributed by atoms with Crippen LogP contribution in [0.2, 0.25) is 0 Å². The van der Waals surface area contributed by atoms with Gasteiger partial charge in [0.05, 0.1) is 13.0 Å². The van der Waals surface area contributed by atoms with Crippen molar-refractivity contribution < 1.29 is 14.0 Å². The summed E-state index contributed by atoms with van der Waals surface area (Å²) in [5, 5.41) is 2.66. The number of aromatic nitrogens is 1. The van der Waals surface area contributed by atoms with Gasteiger partial charge in [-0.2, -0.15) is 0 Å². The first kappa shape index (κ1) is 16.7. The zero-order valence-corrected chi connectivity index (χ0v) is 13.4. The molecule has 2 rings (SSSR count). The Labute approximate surface area is 135 Å². The number of carbonyl (C=O) groups excluding carboxylic acids is 2. The highest BCUT2D eigenvalue weighted by Crippen LogP contribution is 2.09. The molecule has 23 heavy (non-hydrogen) atoms. The highest BCUT2D eigenvalue weighted by Gasteiger charge is 2.17. The first-order valence-corrected chi connectivity index (χ1v) is 7.68. The van der Waals surface area contributed by atoms with E-state index < -0.39 is 0 Å². The van der Waals surface area contributed by atoms with Crippen LogP contribution < -0.4 is 5.32 Å². The average Bonchev–Trinajstić information content (AvgIpc) is 3.02. The standard InChI is InChI=1S/C17H21N3O3/c1-3-18-17(22)14-12-23-15(19-14)11-20(4-2)16(21)10-13-8-6-5-7-9-13/h5-9,12H,3-4,10-11H2,1-2H3,(H,18,22). The van der Waals surface area contributed by atoms with E-state index in [1.54, 1.807) is 4.90 Å². The van der Waals surface area contributed by atoms with Crippen molar-refractivity contribution in [3.8, 4) is 0 Å². The number of rotatable bonds is 7. The largest absolute Gasteiger partial charge is 0.446 e. The summed E-state index contributed by atoms with van der Waals surface area (Å²) in [5.41, 5.74) is 1.19. The first-order chi connectivity index (χ1) is 11.1. The lowest BCUT2D eigenvalue weighted by atomic mass is 10.1. The van der Waals surface area contributed by atoms with Crippen LogP contribution in [0.4, 0.5) is 0 Å². The molecule has 1 aromatic carbocycles. The molecule has 0 radical (unpaired) electrons. The minimum Gasteiger partial charge on any atom is -0.446 e. The molecule has 0 unspecified atom stereocenters. The monoisotopic (exact) mass is 315 g/mol. The number of nitrogens with one attached hydrogen (secondary N) is 1. The van der Waals surface area contributed by atoms with Crippen molar-refractivity contribution in [1.82, 2.24) is 15.2 Å². The molecule has 2 amide bonds. The molecule has 0 saturated heterocycles. The lowest BCUT2D eigenvalue weighted by molar-refractivity contribution is -0.131. The summed E-state index contributed by atoms with van der Waals surface area (Å²) in [4.78, 5) is 29.8. The fraction of sp³-hybridized carbons (Fsp3) is 0.353. The molecule has 0 spiro atoms. The third kappa shape index (κ3) is 4.67. The molecular weight excluding hydrogens is 294 g/mol. The van der Waals surface area contributed by atoms with Gasteiger partial charge in [0.1, 0.15) is 6.26 Å². The molecule has 6 heteroatoms. The third-order valence-corrected chi connectivity index (χ3v) is 3.38. The molecule has 0 aliphatic rings. The smallest absolute Gasteiger partial charge is 0.273 e. The number of amides is 2. The summed E-state index contributed by atoms with van der Waals surface area (Å²) in [7, 11) is 0. The first-order valence-electron chi connectivity index (χ1n) is 7.68. The minimum atomic E-state index is -0.277. The van der Waals surface area contributed by atoms with Gasteiger partial charge in [0.2, 0.25) is 11.8 Å². The van der Waals surface area contributed by atoms with Crippen LogP contribution in [0, 0.1) is 0 Å². The normalized spacial score (nSPS) is 10.3. The third-order valence-electron chi connectivity index (χ3n) is 3.38. The molecule has 1 heterocycles. The molecule has 0 aliphatic heterocycles. The highest BCUT2D eigenvalue weighted by atomic mass is 16.3. The summed E-state index contributed by atoms with van der Waals surface area (Å²) in [6.07, 6.45) is 1.65. The molecule has 0 fully saturated rings. The van der Waals surface area contributed by atoms with E-state index in [0.29, 0.717) is 25.4 Å². The minimum absolute atomic E-state index is 0.00328. The second-order valence-electron chi connectivity index (χ2n) is 5.06. The van der Waals surface area contributed by atoms with E-state index in [0.717, 1.165) is 5.56 Å². The quantitative estimate of drug-likeness (QED) is 0.848. The molecule has 0 aliphatic carbocycles. The Hall–Kier alpha value is -2.63. The second kappa shape index (κ2) is 8.12. The van der Waals surface area contributed by atoms with Crippen LogP contribution in [-0.4, -0.2) is 34.8 Å². The molecule has 0 saturated carbocycles. The van der Waals surface area contributed by atoms with E-state index in [1.807, 2.05) is 44.2 Å². The Kier molecular flexibility index (Phi) is 5.91. The lowest BCUT2D eigenvalue weighted by Gasteiger charge is -2.19. The molecule has 1 aromatic heterocycles. The predicted octanol–water partition coefficient (Wildman–Crippen LogP) is 2.02. The molecule has 0 bridgehead atoms. The van der Waals surface area contributed by atoms with Crippen LogP contribution >= 0.6 is 0 Å². The average molecular weight is 315 g/mol. The van der Waals surface area contributed by atoms with E-state index >= 15 is 0 Å². The second-order valence-corrected chi connectivity index (χ2v) is 5.06.